The Balaban J connectivity index is 1.91. The molecule has 1 fully saturated rings. The van der Waals surface area contributed by atoms with E-state index in [-0.39, 0.29) is 29.6 Å². The van der Waals surface area contributed by atoms with Gasteiger partial charge in [0.15, 0.2) is 9.84 Å². The molecule has 1 amide bonds. The predicted molar refractivity (Wildman–Crippen MR) is 79.4 cm³/mol. The molecule has 0 aliphatic carbocycles. The smallest absolute Gasteiger partial charge is 0.239 e. The Kier molecular flexibility index (Phi) is 4.22. The highest BCUT2D eigenvalue weighted by atomic mass is 32.2. The number of anilines is 1. The standard InChI is InChI=1S/C14H19FN2O3S/c1-10-3-4-12(11(15)7-10)16-8-13(18)17-14(2)5-6-21(19,20)9-14/h3-4,7,16H,5-6,8-9H2,1-2H3,(H,17,18)/t14-/m0/s1. The van der Waals surface area contributed by atoms with Gasteiger partial charge < -0.3 is 10.6 Å². The van der Waals surface area contributed by atoms with Gasteiger partial charge in [-0.2, -0.15) is 0 Å². The Morgan fingerprint density at radius 1 is 1.43 bits per heavy atom. The Bertz CT molecular complexity index is 660. The van der Waals surface area contributed by atoms with Gasteiger partial charge in [0.2, 0.25) is 5.91 Å². The summed E-state index contributed by atoms with van der Waals surface area (Å²) >= 11 is 0. The second-order valence-corrected chi connectivity index (χ2v) is 7.97. The number of rotatable bonds is 4. The first kappa shape index (κ1) is 15.8. The average Bonchev–Trinajstić information content (AvgIpc) is 2.62. The van der Waals surface area contributed by atoms with Crippen molar-refractivity contribution in [1.29, 1.82) is 0 Å². The van der Waals surface area contributed by atoms with Crippen molar-refractivity contribution in [3.63, 3.8) is 0 Å². The number of halogens is 1. The lowest BCUT2D eigenvalue weighted by molar-refractivity contribution is -0.120. The van der Waals surface area contributed by atoms with E-state index in [1.807, 2.05) is 0 Å². The van der Waals surface area contributed by atoms with Crippen molar-refractivity contribution >= 4 is 21.4 Å². The molecule has 5 nitrogen and oxygen atoms in total. The number of benzene rings is 1. The number of hydrogen-bond acceptors (Lipinski definition) is 4. The molecule has 1 aromatic rings. The second kappa shape index (κ2) is 5.63. The summed E-state index contributed by atoms with van der Waals surface area (Å²) in [6, 6.07) is 4.69. The lowest BCUT2D eigenvalue weighted by Crippen LogP contribution is -2.48. The molecule has 0 spiro atoms. The molecule has 7 heteroatoms. The molecule has 1 aliphatic rings. The molecule has 2 rings (SSSR count). The number of carbonyl (C=O) groups is 1. The molecule has 0 unspecified atom stereocenters. The lowest BCUT2D eigenvalue weighted by atomic mass is 10.0. The number of aryl methyl sites for hydroxylation is 1. The highest BCUT2D eigenvalue weighted by Gasteiger charge is 2.39. The summed E-state index contributed by atoms with van der Waals surface area (Å²) in [7, 11) is -3.07. The summed E-state index contributed by atoms with van der Waals surface area (Å²) in [5, 5.41) is 5.42. The van der Waals surface area contributed by atoms with E-state index in [2.05, 4.69) is 10.6 Å². The third-order valence-electron chi connectivity index (χ3n) is 3.51. The van der Waals surface area contributed by atoms with Gasteiger partial charge in [-0.05, 0) is 38.0 Å². The molecule has 21 heavy (non-hydrogen) atoms. The average molecular weight is 314 g/mol. The Morgan fingerprint density at radius 3 is 2.71 bits per heavy atom. The van der Waals surface area contributed by atoms with Gasteiger partial charge in [0, 0.05) is 0 Å². The summed E-state index contributed by atoms with van der Waals surface area (Å²) in [5.74, 6) is -0.735. The maximum absolute atomic E-state index is 13.6. The van der Waals surface area contributed by atoms with Crippen LogP contribution in [0.15, 0.2) is 18.2 Å². The van der Waals surface area contributed by atoms with E-state index in [0.29, 0.717) is 6.42 Å². The van der Waals surface area contributed by atoms with Crippen molar-refractivity contribution in [3.05, 3.63) is 29.6 Å². The van der Waals surface area contributed by atoms with E-state index >= 15 is 0 Å². The van der Waals surface area contributed by atoms with E-state index < -0.39 is 21.2 Å². The van der Waals surface area contributed by atoms with Crippen LogP contribution in [0.25, 0.3) is 0 Å². The fourth-order valence-corrected chi connectivity index (χ4v) is 4.52. The van der Waals surface area contributed by atoms with E-state index in [0.717, 1.165) is 5.56 Å². The molecule has 0 aromatic heterocycles. The topological polar surface area (TPSA) is 75.3 Å². The number of amides is 1. The molecule has 0 bridgehead atoms. The molecular weight excluding hydrogens is 295 g/mol. The summed E-state index contributed by atoms with van der Waals surface area (Å²) in [6.07, 6.45) is 0.403. The number of sulfone groups is 1. The van der Waals surface area contributed by atoms with Crippen LogP contribution in [0.3, 0.4) is 0 Å². The molecule has 1 aliphatic heterocycles. The first-order valence-electron chi connectivity index (χ1n) is 6.71. The van der Waals surface area contributed by atoms with Gasteiger partial charge in [-0.1, -0.05) is 6.07 Å². The second-order valence-electron chi connectivity index (χ2n) is 5.79. The Morgan fingerprint density at radius 2 is 2.14 bits per heavy atom. The van der Waals surface area contributed by atoms with Crippen LogP contribution >= 0.6 is 0 Å². The molecule has 2 N–H and O–H groups in total. The molecule has 1 saturated heterocycles. The van der Waals surface area contributed by atoms with Gasteiger partial charge >= 0.3 is 0 Å². The zero-order chi connectivity index (χ0) is 15.7. The molecule has 1 atom stereocenters. The van der Waals surface area contributed by atoms with Crippen LogP contribution in [-0.4, -0.2) is 37.9 Å². The van der Waals surface area contributed by atoms with Crippen molar-refractivity contribution in [3.8, 4) is 0 Å². The minimum atomic E-state index is -3.07. The first-order valence-corrected chi connectivity index (χ1v) is 8.53. The number of hydrogen-bond donors (Lipinski definition) is 2. The van der Waals surface area contributed by atoms with Gasteiger partial charge in [0.25, 0.3) is 0 Å². The van der Waals surface area contributed by atoms with Crippen molar-refractivity contribution in [2.24, 2.45) is 0 Å². The zero-order valence-corrected chi connectivity index (χ0v) is 12.9. The SMILES string of the molecule is Cc1ccc(NCC(=O)N[C@@]2(C)CCS(=O)(=O)C2)c(F)c1. The third kappa shape index (κ3) is 4.17. The van der Waals surface area contributed by atoms with Crippen molar-refractivity contribution in [1.82, 2.24) is 5.32 Å². The highest BCUT2D eigenvalue weighted by molar-refractivity contribution is 7.91. The fourth-order valence-electron chi connectivity index (χ4n) is 2.43. The first-order chi connectivity index (χ1) is 9.69. The van der Waals surface area contributed by atoms with Crippen LogP contribution < -0.4 is 10.6 Å². The molecule has 1 heterocycles. The van der Waals surface area contributed by atoms with Gasteiger partial charge in [0.05, 0.1) is 29.3 Å². The summed E-state index contributed by atoms with van der Waals surface area (Å²) in [5.41, 5.74) is 0.315. The van der Waals surface area contributed by atoms with Crippen molar-refractivity contribution in [2.45, 2.75) is 25.8 Å². The summed E-state index contributed by atoms with van der Waals surface area (Å²) in [6.45, 7) is 3.39. The maximum atomic E-state index is 13.6. The van der Waals surface area contributed by atoms with E-state index in [9.17, 15) is 17.6 Å². The molecule has 116 valence electrons. The molecular formula is C14H19FN2O3S. The predicted octanol–water partition coefficient (Wildman–Crippen LogP) is 1.24. The van der Waals surface area contributed by atoms with Crippen LogP contribution in [-0.2, 0) is 14.6 Å². The molecule has 0 saturated carbocycles. The number of nitrogens with one attached hydrogen (secondary N) is 2. The van der Waals surface area contributed by atoms with Crippen LogP contribution in [0, 0.1) is 12.7 Å². The van der Waals surface area contributed by atoms with Crippen molar-refractivity contribution in [2.75, 3.05) is 23.4 Å². The molecule has 1 aromatic carbocycles. The van der Waals surface area contributed by atoms with Gasteiger partial charge in [0.1, 0.15) is 5.82 Å². The maximum Gasteiger partial charge on any atom is 0.239 e. The summed E-state index contributed by atoms with van der Waals surface area (Å²) in [4.78, 5) is 11.9. The number of carbonyl (C=O) groups excluding carboxylic acids is 1. The Hall–Kier alpha value is -1.63. The Labute approximate surface area is 123 Å². The quantitative estimate of drug-likeness (QED) is 0.877. The van der Waals surface area contributed by atoms with Gasteiger partial charge in [-0.15, -0.1) is 0 Å². The highest BCUT2D eigenvalue weighted by Crippen LogP contribution is 2.22. The minimum Gasteiger partial charge on any atom is -0.374 e. The van der Waals surface area contributed by atoms with Crippen LogP contribution in [0.1, 0.15) is 18.9 Å². The van der Waals surface area contributed by atoms with E-state index in [1.165, 1.54) is 6.07 Å². The van der Waals surface area contributed by atoms with Crippen LogP contribution in [0.4, 0.5) is 10.1 Å². The largest absolute Gasteiger partial charge is 0.374 e. The monoisotopic (exact) mass is 314 g/mol. The van der Waals surface area contributed by atoms with Gasteiger partial charge in [-0.25, -0.2) is 12.8 Å². The molecule has 0 radical (unpaired) electrons. The van der Waals surface area contributed by atoms with Crippen LogP contribution in [0.5, 0.6) is 0 Å². The lowest BCUT2D eigenvalue weighted by Gasteiger charge is -2.24. The van der Waals surface area contributed by atoms with Gasteiger partial charge in [-0.3, -0.25) is 4.79 Å². The zero-order valence-electron chi connectivity index (χ0n) is 12.1. The normalized spacial score (nSPS) is 23.8. The minimum absolute atomic E-state index is 0.0510. The van der Waals surface area contributed by atoms with Crippen LogP contribution in [0.2, 0.25) is 0 Å². The third-order valence-corrected chi connectivity index (χ3v) is 5.41. The van der Waals surface area contributed by atoms with E-state index in [1.54, 1.807) is 26.0 Å². The summed E-state index contributed by atoms with van der Waals surface area (Å²) < 4.78 is 36.5. The van der Waals surface area contributed by atoms with Crippen molar-refractivity contribution < 1.29 is 17.6 Å². The van der Waals surface area contributed by atoms with E-state index in [4.69, 9.17) is 0 Å². The fraction of sp³-hybridized carbons (Fsp3) is 0.500.